The Morgan fingerprint density at radius 3 is 2.35 bits per heavy atom. The van der Waals surface area contributed by atoms with Crippen LogP contribution in [0.4, 0.5) is 8.78 Å². The van der Waals surface area contributed by atoms with E-state index in [2.05, 4.69) is 0 Å². The molecule has 0 amide bonds. The van der Waals surface area contributed by atoms with Crippen LogP contribution < -0.4 is 0 Å². The number of aromatic carboxylic acids is 1. The maximum atomic E-state index is 13.0. The summed E-state index contributed by atoms with van der Waals surface area (Å²) in [4.78, 5) is 22.8. The van der Waals surface area contributed by atoms with Gasteiger partial charge in [0, 0.05) is 0 Å². The van der Waals surface area contributed by atoms with Gasteiger partial charge in [-0.2, -0.15) is 0 Å². The number of hydrogen-bond donors (Lipinski definition) is 1. The highest BCUT2D eigenvalue weighted by Crippen LogP contribution is 2.18. The zero-order chi connectivity index (χ0) is 14.7. The number of benzene rings is 1. The molecule has 6 heteroatoms. The second-order valence-electron chi connectivity index (χ2n) is 3.84. The number of thiophene rings is 1. The number of carboxylic acids is 1. The summed E-state index contributed by atoms with van der Waals surface area (Å²) < 4.78 is 25.7. The minimum atomic E-state index is -1.10. The van der Waals surface area contributed by atoms with Crippen molar-refractivity contribution in [3.63, 3.8) is 0 Å². The first-order valence-electron chi connectivity index (χ1n) is 5.48. The molecule has 0 saturated carbocycles. The van der Waals surface area contributed by atoms with Gasteiger partial charge in [-0.25, -0.2) is 13.6 Å². The average molecular weight is 294 g/mol. The van der Waals surface area contributed by atoms with E-state index in [1.54, 1.807) is 0 Å². The molecule has 0 radical (unpaired) electrons. The number of ketones is 1. The molecule has 0 unspecified atom stereocenters. The molecule has 102 valence electrons. The molecule has 1 aromatic carbocycles. The van der Waals surface area contributed by atoms with Crippen LogP contribution in [0, 0.1) is 11.6 Å². The molecule has 2 rings (SSSR count). The number of rotatable bonds is 4. The van der Waals surface area contributed by atoms with Gasteiger partial charge in [-0.3, -0.25) is 4.79 Å². The summed E-state index contributed by atoms with van der Waals surface area (Å²) in [5.41, 5.74) is 0.340. The Labute approximate surface area is 116 Å². The minimum absolute atomic E-state index is 0.0644. The zero-order valence-electron chi connectivity index (χ0n) is 9.97. The van der Waals surface area contributed by atoms with Crippen LogP contribution in [-0.4, -0.2) is 16.9 Å². The van der Waals surface area contributed by atoms with E-state index in [-0.39, 0.29) is 9.75 Å². The fourth-order valence-corrected chi connectivity index (χ4v) is 2.22. The van der Waals surface area contributed by atoms with E-state index in [1.807, 2.05) is 0 Å². The van der Waals surface area contributed by atoms with Gasteiger partial charge >= 0.3 is 5.97 Å². The van der Waals surface area contributed by atoms with Gasteiger partial charge in [-0.15, -0.1) is 11.3 Å². The highest BCUT2D eigenvalue weighted by Gasteiger charge is 2.10. The molecule has 1 N–H and O–H groups in total. The van der Waals surface area contributed by atoms with E-state index in [0.717, 1.165) is 23.5 Å². The predicted octanol–water partition coefficient (Wildman–Crippen LogP) is 3.62. The van der Waals surface area contributed by atoms with Gasteiger partial charge in [0.2, 0.25) is 0 Å². The number of halogens is 2. The van der Waals surface area contributed by atoms with Gasteiger partial charge in [0.05, 0.1) is 4.88 Å². The Bertz CT molecular complexity index is 704. The number of carbonyl (C=O) groups is 2. The first-order chi connectivity index (χ1) is 9.47. The van der Waals surface area contributed by atoms with Crippen LogP contribution >= 0.6 is 11.3 Å². The summed E-state index contributed by atoms with van der Waals surface area (Å²) in [7, 11) is 0. The van der Waals surface area contributed by atoms with Crippen molar-refractivity contribution in [1.82, 2.24) is 0 Å². The lowest BCUT2D eigenvalue weighted by molar-refractivity contribution is 0.0702. The van der Waals surface area contributed by atoms with Crippen molar-refractivity contribution in [1.29, 1.82) is 0 Å². The van der Waals surface area contributed by atoms with Gasteiger partial charge in [0.15, 0.2) is 17.4 Å². The van der Waals surface area contributed by atoms with Crippen molar-refractivity contribution in [2.45, 2.75) is 0 Å². The Morgan fingerprint density at radius 2 is 1.75 bits per heavy atom. The lowest BCUT2D eigenvalue weighted by Crippen LogP contribution is -1.91. The molecule has 2 aromatic rings. The molecule has 0 bridgehead atoms. The largest absolute Gasteiger partial charge is 0.477 e. The Hall–Kier alpha value is -2.34. The number of allylic oxidation sites excluding steroid dienone is 1. The van der Waals surface area contributed by atoms with Crippen molar-refractivity contribution in [3.05, 3.63) is 63.4 Å². The fraction of sp³-hybridized carbons (Fsp3) is 0. The van der Waals surface area contributed by atoms with Gasteiger partial charge in [0.1, 0.15) is 4.88 Å². The Morgan fingerprint density at radius 1 is 1.05 bits per heavy atom. The monoisotopic (exact) mass is 294 g/mol. The first kappa shape index (κ1) is 14.1. The van der Waals surface area contributed by atoms with E-state index < -0.39 is 23.4 Å². The SMILES string of the molecule is O=C(O)c1ccc(C(=O)C=Cc2ccc(F)c(F)c2)s1. The summed E-state index contributed by atoms with van der Waals surface area (Å²) in [6.07, 6.45) is 2.52. The second kappa shape index (κ2) is 5.75. The topological polar surface area (TPSA) is 54.4 Å². The van der Waals surface area contributed by atoms with Crippen molar-refractivity contribution in [2.24, 2.45) is 0 Å². The highest BCUT2D eigenvalue weighted by molar-refractivity contribution is 7.16. The third kappa shape index (κ3) is 3.16. The fourth-order valence-electron chi connectivity index (χ4n) is 1.46. The quantitative estimate of drug-likeness (QED) is 0.692. The maximum Gasteiger partial charge on any atom is 0.345 e. The summed E-state index contributed by atoms with van der Waals surface area (Å²) in [6.45, 7) is 0. The molecular weight excluding hydrogens is 286 g/mol. The summed E-state index contributed by atoms with van der Waals surface area (Å²) in [6, 6.07) is 6.01. The Kier molecular flexibility index (Phi) is 4.05. The van der Waals surface area contributed by atoms with Crippen LogP contribution in [0.3, 0.4) is 0 Å². The minimum Gasteiger partial charge on any atom is -0.477 e. The zero-order valence-corrected chi connectivity index (χ0v) is 10.8. The molecule has 0 aliphatic carbocycles. The van der Waals surface area contributed by atoms with E-state index in [1.165, 1.54) is 30.4 Å². The van der Waals surface area contributed by atoms with Crippen molar-refractivity contribution >= 4 is 29.2 Å². The van der Waals surface area contributed by atoms with Crippen molar-refractivity contribution in [3.8, 4) is 0 Å². The van der Waals surface area contributed by atoms with Crippen molar-refractivity contribution in [2.75, 3.05) is 0 Å². The van der Waals surface area contributed by atoms with Crippen molar-refractivity contribution < 1.29 is 23.5 Å². The van der Waals surface area contributed by atoms with E-state index in [9.17, 15) is 18.4 Å². The molecule has 20 heavy (non-hydrogen) atoms. The normalized spacial score (nSPS) is 10.9. The van der Waals surface area contributed by atoms with Gasteiger partial charge in [0.25, 0.3) is 0 Å². The molecule has 0 saturated heterocycles. The van der Waals surface area contributed by atoms with Gasteiger partial charge in [-0.1, -0.05) is 12.1 Å². The van der Waals surface area contributed by atoms with Gasteiger partial charge < -0.3 is 5.11 Å². The predicted molar refractivity (Wildman–Crippen MR) is 71.0 cm³/mol. The molecule has 1 aromatic heterocycles. The molecule has 0 fully saturated rings. The number of hydrogen-bond acceptors (Lipinski definition) is 3. The first-order valence-corrected chi connectivity index (χ1v) is 6.29. The maximum absolute atomic E-state index is 13.0. The summed E-state index contributed by atoms with van der Waals surface area (Å²) in [5.74, 6) is -3.45. The summed E-state index contributed by atoms with van der Waals surface area (Å²) >= 11 is 0.855. The molecule has 3 nitrogen and oxygen atoms in total. The highest BCUT2D eigenvalue weighted by atomic mass is 32.1. The number of carboxylic acid groups (broad SMARTS) is 1. The van der Waals surface area contributed by atoms with Crippen LogP contribution in [0.5, 0.6) is 0 Å². The molecule has 0 atom stereocenters. The Balaban J connectivity index is 2.15. The van der Waals surface area contributed by atoms with Crippen LogP contribution in [0.25, 0.3) is 6.08 Å². The van der Waals surface area contributed by atoms with Crippen LogP contribution in [0.1, 0.15) is 24.9 Å². The average Bonchev–Trinajstić information content (AvgIpc) is 2.89. The third-order valence-corrected chi connectivity index (χ3v) is 3.52. The number of carbonyl (C=O) groups excluding carboxylic acids is 1. The molecular formula is C14H8F2O3S. The summed E-state index contributed by atoms with van der Waals surface area (Å²) in [5, 5.41) is 8.75. The van der Waals surface area contributed by atoms with Crippen LogP contribution in [0.15, 0.2) is 36.4 Å². The van der Waals surface area contributed by atoms with E-state index >= 15 is 0 Å². The molecule has 0 spiro atoms. The second-order valence-corrected chi connectivity index (χ2v) is 4.92. The van der Waals surface area contributed by atoms with E-state index in [4.69, 9.17) is 5.11 Å². The van der Waals surface area contributed by atoms with E-state index in [0.29, 0.717) is 5.56 Å². The van der Waals surface area contributed by atoms with Gasteiger partial charge in [-0.05, 0) is 35.9 Å². The smallest absolute Gasteiger partial charge is 0.345 e. The van der Waals surface area contributed by atoms with Crippen LogP contribution in [-0.2, 0) is 0 Å². The van der Waals surface area contributed by atoms with Crippen LogP contribution in [0.2, 0.25) is 0 Å². The standard InChI is InChI=1S/C14H8F2O3S/c15-9-3-1-8(7-10(9)16)2-4-11(17)12-5-6-13(20-12)14(18)19/h1-7H,(H,18,19). The lowest BCUT2D eigenvalue weighted by atomic mass is 10.2. The molecule has 0 aliphatic heterocycles. The lowest BCUT2D eigenvalue weighted by Gasteiger charge is -1.95. The third-order valence-electron chi connectivity index (χ3n) is 2.43. The molecule has 0 aliphatic rings. The molecule has 1 heterocycles.